The van der Waals surface area contributed by atoms with Crippen LogP contribution in [0.15, 0.2) is 36.4 Å². The van der Waals surface area contributed by atoms with Gasteiger partial charge in [0.05, 0.1) is 14.2 Å². The molecule has 0 bridgehead atoms. The molecule has 0 aliphatic heterocycles. The third-order valence-electron chi connectivity index (χ3n) is 3.63. The van der Waals surface area contributed by atoms with Crippen molar-refractivity contribution in [2.24, 2.45) is 5.92 Å². The average Bonchev–Trinajstić information content (AvgIpc) is 2.53. The molecule has 2 unspecified atom stereocenters. The smallest absolute Gasteiger partial charge is 0.328 e. The molecule has 4 heteroatoms. The molecule has 0 aromatic heterocycles. The molecular formula is C16H21NO3. The van der Waals surface area contributed by atoms with Crippen LogP contribution < -0.4 is 10.1 Å². The Hall–Kier alpha value is -1.97. The number of methoxy groups -OCH3 is 2. The van der Waals surface area contributed by atoms with E-state index in [1.54, 1.807) is 7.11 Å². The molecule has 2 atom stereocenters. The van der Waals surface area contributed by atoms with Gasteiger partial charge in [0, 0.05) is 11.8 Å². The maximum atomic E-state index is 12.0. The number of allylic oxidation sites excluding steroid dienone is 2. The maximum Gasteiger partial charge on any atom is 0.328 e. The third-order valence-corrected chi connectivity index (χ3v) is 3.63. The Bertz CT molecular complexity index is 484. The molecule has 0 radical (unpaired) electrons. The van der Waals surface area contributed by atoms with Gasteiger partial charge in [-0.1, -0.05) is 18.2 Å². The van der Waals surface area contributed by atoms with E-state index in [1.807, 2.05) is 24.3 Å². The van der Waals surface area contributed by atoms with Crippen molar-refractivity contribution in [3.05, 3.63) is 36.4 Å². The molecule has 1 aliphatic carbocycles. The Morgan fingerprint density at radius 1 is 1.35 bits per heavy atom. The van der Waals surface area contributed by atoms with Gasteiger partial charge in [0.2, 0.25) is 0 Å². The van der Waals surface area contributed by atoms with Crippen molar-refractivity contribution in [1.29, 1.82) is 0 Å². The molecule has 0 amide bonds. The van der Waals surface area contributed by atoms with Crippen LogP contribution in [0.5, 0.6) is 5.75 Å². The van der Waals surface area contributed by atoms with Crippen molar-refractivity contribution in [3.63, 3.8) is 0 Å². The van der Waals surface area contributed by atoms with Crippen LogP contribution in [0, 0.1) is 5.92 Å². The van der Waals surface area contributed by atoms with Gasteiger partial charge in [0.1, 0.15) is 11.8 Å². The molecule has 108 valence electrons. The molecule has 0 heterocycles. The molecule has 0 spiro atoms. The lowest BCUT2D eigenvalue weighted by molar-refractivity contribution is -0.142. The lowest BCUT2D eigenvalue weighted by Gasteiger charge is -2.27. The number of nitrogens with one attached hydrogen (secondary N) is 1. The van der Waals surface area contributed by atoms with Gasteiger partial charge in [0.25, 0.3) is 0 Å². The summed E-state index contributed by atoms with van der Waals surface area (Å²) in [5.41, 5.74) is 0.870. The Morgan fingerprint density at radius 2 is 2.20 bits per heavy atom. The first kappa shape index (κ1) is 14.4. The van der Waals surface area contributed by atoms with E-state index in [4.69, 9.17) is 9.47 Å². The van der Waals surface area contributed by atoms with Crippen molar-refractivity contribution in [2.75, 3.05) is 19.5 Å². The number of rotatable bonds is 5. The first-order valence-electron chi connectivity index (χ1n) is 6.88. The third kappa shape index (κ3) is 3.53. The van der Waals surface area contributed by atoms with E-state index >= 15 is 0 Å². The van der Waals surface area contributed by atoms with Crippen LogP contribution in [0.4, 0.5) is 5.69 Å². The second-order valence-corrected chi connectivity index (χ2v) is 4.92. The zero-order chi connectivity index (χ0) is 14.4. The quantitative estimate of drug-likeness (QED) is 0.663. The fourth-order valence-corrected chi connectivity index (χ4v) is 2.51. The van der Waals surface area contributed by atoms with Crippen LogP contribution in [-0.2, 0) is 9.53 Å². The summed E-state index contributed by atoms with van der Waals surface area (Å²) >= 11 is 0. The van der Waals surface area contributed by atoms with E-state index in [0.29, 0.717) is 0 Å². The van der Waals surface area contributed by atoms with E-state index in [-0.39, 0.29) is 17.9 Å². The maximum absolute atomic E-state index is 12.0. The first-order chi connectivity index (χ1) is 9.74. The number of benzene rings is 1. The van der Waals surface area contributed by atoms with Gasteiger partial charge >= 0.3 is 5.97 Å². The van der Waals surface area contributed by atoms with Crippen molar-refractivity contribution in [2.45, 2.75) is 25.3 Å². The second kappa shape index (κ2) is 6.98. The van der Waals surface area contributed by atoms with Gasteiger partial charge in [-0.05, 0) is 37.3 Å². The molecule has 20 heavy (non-hydrogen) atoms. The summed E-state index contributed by atoms with van der Waals surface area (Å²) in [5, 5.41) is 3.29. The van der Waals surface area contributed by atoms with Crippen LogP contribution in [-0.4, -0.2) is 26.2 Å². The van der Waals surface area contributed by atoms with E-state index in [0.717, 1.165) is 30.7 Å². The summed E-state index contributed by atoms with van der Waals surface area (Å²) in [6, 6.07) is 7.26. The number of hydrogen-bond donors (Lipinski definition) is 1. The summed E-state index contributed by atoms with van der Waals surface area (Å²) in [6.07, 6.45) is 7.20. The van der Waals surface area contributed by atoms with Crippen LogP contribution in [0.1, 0.15) is 19.3 Å². The SMILES string of the molecule is COC(=O)C(Nc1cccc(OC)c1)C1CC=CCC1. The number of anilines is 1. The van der Waals surface area contributed by atoms with E-state index in [9.17, 15) is 4.79 Å². The Kier molecular flexibility index (Phi) is 5.04. The summed E-state index contributed by atoms with van der Waals surface area (Å²) in [5.74, 6) is 0.814. The Morgan fingerprint density at radius 3 is 2.85 bits per heavy atom. The van der Waals surface area contributed by atoms with Crippen molar-refractivity contribution in [3.8, 4) is 5.75 Å². The standard InChI is InChI=1S/C16H21NO3/c1-19-14-10-6-9-13(11-14)17-15(16(18)20-2)12-7-4-3-5-8-12/h3-4,6,9-12,15,17H,5,7-8H2,1-2H3. The minimum atomic E-state index is -0.322. The first-order valence-corrected chi connectivity index (χ1v) is 6.88. The van der Waals surface area contributed by atoms with Gasteiger partial charge in [-0.3, -0.25) is 0 Å². The molecule has 4 nitrogen and oxygen atoms in total. The summed E-state index contributed by atoms with van der Waals surface area (Å²) in [6.45, 7) is 0. The Balaban J connectivity index is 2.14. The number of carbonyl (C=O) groups is 1. The number of esters is 1. The van der Waals surface area contributed by atoms with Crippen LogP contribution in [0.3, 0.4) is 0 Å². The highest BCUT2D eigenvalue weighted by Crippen LogP contribution is 2.26. The minimum absolute atomic E-state index is 0.215. The van der Waals surface area contributed by atoms with Gasteiger partial charge in [-0.2, -0.15) is 0 Å². The normalized spacial score (nSPS) is 19.2. The predicted molar refractivity (Wildman–Crippen MR) is 78.9 cm³/mol. The number of carbonyl (C=O) groups excluding carboxylic acids is 1. The molecule has 1 N–H and O–H groups in total. The van der Waals surface area contributed by atoms with Crippen molar-refractivity contribution < 1.29 is 14.3 Å². The zero-order valence-corrected chi connectivity index (χ0v) is 12.0. The highest BCUT2D eigenvalue weighted by Gasteiger charge is 2.29. The molecule has 1 aromatic rings. The highest BCUT2D eigenvalue weighted by atomic mass is 16.5. The van der Waals surface area contributed by atoms with Crippen LogP contribution >= 0.6 is 0 Å². The van der Waals surface area contributed by atoms with Gasteiger partial charge in [0.15, 0.2) is 0 Å². The lowest BCUT2D eigenvalue weighted by atomic mass is 9.87. The molecule has 1 aromatic carbocycles. The fourth-order valence-electron chi connectivity index (χ4n) is 2.51. The molecular weight excluding hydrogens is 254 g/mol. The van der Waals surface area contributed by atoms with Crippen molar-refractivity contribution >= 4 is 11.7 Å². The summed E-state index contributed by atoms with van der Waals surface area (Å²) in [7, 11) is 3.06. The highest BCUT2D eigenvalue weighted by molar-refractivity contribution is 5.79. The minimum Gasteiger partial charge on any atom is -0.497 e. The Labute approximate surface area is 119 Å². The number of hydrogen-bond acceptors (Lipinski definition) is 4. The van der Waals surface area contributed by atoms with Gasteiger partial charge < -0.3 is 14.8 Å². The summed E-state index contributed by atoms with van der Waals surface area (Å²) < 4.78 is 10.1. The van der Waals surface area contributed by atoms with Crippen molar-refractivity contribution in [1.82, 2.24) is 0 Å². The zero-order valence-electron chi connectivity index (χ0n) is 12.0. The number of ether oxygens (including phenoxy) is 2. The molecule has 0 saturated heterocycles. The van der Waals surface area contributed by atoms with Crippen LogP contribution in [0.2, 0.25) is 0 Å². The average molecular weight is 275 g/mol. The monoisotopic (exact) mass is 275 g/mol. The topological polar surface area (TPSA) is 47.6 Å². The molecule has 2 rings (SSSR count). The van der Waals surface area contributed by atoms with Gasteiger partial charge in [-0.25, -0.2) is 4.79 Å². The van der Waals surface area contributed by atoms with E-state index < -0.39 is 0 Å². The van der Waals surface area contributed by atoms with Crippen LogP contribution in [0.25, 0.3) is 0 Å². The molecule has 1 aliphatic rings. The lowest BCUT2D eigenvalue weighted by Crippen LogP contribution is -2.38. The predicted octanol–water partition coefficient (Wildman–Crippen LogP) is 3.01. The molecule has 0 fully saturated rings. The second-order valence-electron chi connectivity index (χ2n) is 4.92. The molecule has 0 saturated carbocycles. The van der Waals surface area contributed by atoms with Gasteiger partial charge in [-0.15, -0.1) is 0 Å². The summed E-state index contributed by atoms with van der Waals surface area (Å²) in [4.78, 5) is 12.0. The van der Waals surface area contributed by atoms with E-state index in [1.165, 1.54) is 7.11 Å². The largest absolute Gasteiger partial charge is 0.497 e. The van der Waals surface area contributed by atoms with E-state index in [2.05, 4.69) is 17.5 Å². The fraction of sp³-hybridized carbons (Fsp3) is 0.438.